The molecule has 1 aromatic heterocycles. The first kappa shape index (κ1) is 17.3. The Morgan fingerprint density at radius 2 is 2.09 bits per heavy atom. The van der Waals surface area contributed by atoms with E-state index < -0.39 is 0 Å². The summed E-state index contributed by atoms with van der Waals surface area (Å²) in [6.45, 7) is 6.69. The lowest BCUT2D eigenvalue weighted by Crippen LogP contribution is -2.39. The molecule has 0 spiro atoms. The van der Waals surface area contributed by atoms with Crippen molar-refractivity contribution in [2.75, 3.05) is 13.6 Å². The molecule has 0 amide bonds. The number of hydrogen-bond donors (Lipinski definition) is 2. The van der Waals surface area contributed by atoms with Crippen molar-refractivity contribution in [2.45, 2.75) is 33.2 Å². The van der Waals surface area contributed by atoms with Gasteiger partial charge in [-0.3, -0.25) is 4.99 Å². The fourth-order valence-corrected chi connectivity index (χ4v) is 2.77. The van der Waals surface area contributed by atoms with Crippen LogP contribution in [-0.4, -0.2) is 24.7 Å². The maximum Gasteiger partial charge on any atom is 0.191 e. The number of guanidine groups is 1. The van der Waals surface area contributed by atoms with Crippen molar-refractivity contribution in [2.24, 2.45) is 4.99 Å². The zero-order chi connectivity index (χ0) is 16.8. The van der Waals surface area contributed by atoms with Gasteiger partial charge in [-0.2, -0.15) is 0 Å². The molecule has 2 N–H and O–H groups in total. The van der Waals surface area contributed by atoms with E-state index in [1.54, 1.807) is 7.05 Å². The van der Waals surface area contributed by atoms with Gasteiger partial charge < -0.3 is 15.2 Å². The second-order valence-corrected chi connectivity index (χ2v) is 5.85. The fraction of sp³-hybridized carbons (Fsp3) is 0.412. The standard InChI is InChI=1S/C17H23ClN4O/c1-11(15-7-5-6-8-16(15)18)21-17(19-4)20-10-9-14-12(2)22-23-13(14)3/h5-8,11H,9-10H2,1-4H3,(H2,19,20,21). The summed E-state index contributed by atoms with van der Waals surface area (Å²) in [5, 5.41) is 11.4. The van der Waals surface area contributed by atoms with Crippen LogP contribution in [0.3, 0.4) is 0 Å². The summed E-state index contributed by atoms with van der Waals surface area (Å²) in [6.07, 6.45) is 0.836. The molecule has 0 radical (unpaired) electrons. The quantitative estimate of drug-likeness (QED) is 0.649. The predicted molar refractivity (Wildman–Crippen MR) is 94.0 cm³/mol. The van der Waals surface area contributed by atoms with Crippen LogP contribution in [-0.2, 0) is 6.42 Å². The van der Waals surface area contributed by atoms with E-state index in [0.29, 0.717) is 0 Å². The Hall–Kier alpha value is -2.01. The summed E-state index contributed by atoms with van der Waals surface area (Å²) in [5.41, 5.74) is 3.13. The maximum absolute atomic E-state index is 6.23. The Morgan fingerprint density at radius 3 is 2.70 bits per heavy atom. The molecule has 0 aliphatic heterocycles. The monoisotopic (exact) mass is 334 g/mol. The van der Waals surface area contributed by atoms with E-state index in [-0.39, 0.29) is 6.04 Å². The third kappa shape index (κ3) is 4.48. The first-order valence-corrected chi connectivity index (χ1v) is 8.04. The molecule has 0 saturated heterocycles. The van der Waals surface area contributed by atoms with E-state index in [1.165, 1.54) is 0 Å². The number of aromatic nitrogens is 1. The van der Waals surface area contributed by atoms with Crippen molar-refractivity contribution in [3.63, 3.8) is 0 Å². The van der Waals surface area contributed by atoms with Gasteiger partial charge in [0.05, 0.1) is 11.7 Å². The second kappa shape index (κ2) is 8.02. The first-order chi connectivity index (χ1) is 11.0. The van der Waals surface area contributed by atoms with E-state index >= 15 is 0 Å². The largest absolute Gasteiger partial charge is 0.361 e. The van der Waals surface area contributed by atoms with Gasteiger partial charge >= 0.3 is 0 Å². The molecule has 1 aromatic carbocycles. The smallest absolute Gasteiger partial charge is 0.191 e. The van der Waals surface area contributed by atoms with Gasteiger partial charge in [0.15, 0.2) is 5.96 Å². The molecule has 0 bridgehead atoms. The molecule has 0 aliphatic rings. The number of aliphatic imine (C=N–C) groups is 1. The minimum Gasteiger partial charge on any atom is -0.361 e. The van der Waals surface area contributed by atoms with Crippen LogP contribution < -0.4 is 10.6 Å². The number of rotatable bonds is 5. The summed E-state index contributed by atoms with van der Waals surface area (Å²) >= 11 is 6.23. The molecule has 0 saturated carbocycles. The second-order valence-electron chi connectivity index (χ2n) is 5.44. The maximum atomic E-state index is 6.23. The molecular formula is C17H23ClN4O. The molecule has 1 unspecified atom stereocenters. The van der Waals surface area contributed by atoms with Crippen LogP contribution >= 0.6 is 11.6 Å². The van der Waals surface area contributed by atoms with Crippen LogP contribution in [0.5, 0.6) is 0 Å². The zero-order valence-electron chi connectivity index (χ0n) is 14.0. The highest BCUT2D eigenvalue weighted by atomic mass is 35.5. The third-order valence-electron chi connectivity index (χ3n) is 3.80. The Morgan fingerprint density at radius 1 is 1.35 bits per heavy atom. The molecule has 1 heterocycles. The lowest BCUT2D eigenvalue weighted by Gasteiger charge is -2.19. The number of halogens is 1. The van der Waals surface area contributed by atoms with Crippen LogP contribution in [0.25, 0.3) is 0 Å². The van der Waals surface area contributed by atoms with Gasteiger partial charge in [-0.15, -0.1) is 0 Å². The molecule has 2 aromatic rings. The van der Waals surface area contributed by atoms with E-state index in [0.717, 1.165) is 46.5 Å². The van der Waals surface area contributed by atoms with Gasteiger partial charge in [0.25, 0.3) is 0 Å². The highest BCUT2D eigenvalue weighted by Crippen LogP contribution is 2.21. The number of benzene rings is 1. The summed E-state index contributed by atoms with van der Waals surface area (Å²) in [7, 11) is 1.75. The van der Waals surface area contributed by atoms with Crippen LogP contribution in [0.15, 0.2) is 33.8 Å². The van der Waals surface area contributed by atoms with E-state index in [4.69, 9.17) is 16.1 Å². The average molecular weight is 335 g/mol. The van der Waals surface area contributed by atoms with Crippen LogP contribution in [0.2, 0.25) is 5.02 Å². The molecule has 0 aliphatic carbocycles. The predicted octanol–water partition coefficient (Wildman–Crippen LogP) is 3.41. The van der Waals surface area contributed by atoms with Gasteiger partial charge in [0, 0.05) is 24.2 Å². The molecule has 5 nitrogen and oxygen atoms in total. The first-order valence-electron chi connectivity index (χ1n) is 7.66. The lowest BCUT2D eigenvalue weighted by molar-refractivity contribution is 0.392. The molecule has 0 fully saturated rings. The summed E-state index contributed by atoms with van der Waals surface area (Å²) < 4.78 is 5.18. The van der Waals surface area contributed by atoms with Crippen molar-refractivity contribution >= 4 is 17.6 Å². The Bertz CT molecular complexity index is 661. The van der Waals surface area contributed by atoms with Gasteiger partial charge in [0.2, 0.25) is 0 Å². The van der Waals surface area contributed by atoms with E-state index in [9.17, 15) is 0 Å². The van der Waals surface area contributed by atoms with Crippen molar-refractivity contribution in [1.82, 2.24) is 15.8 Å². The normalized spacial score (nSPS) is 13.0. The van der Waals surface area contributed by atoms with Crippen molar-refractivity contribution < 1.29 is 4.52 Å². The molecule has 2 rings (SSSR count). The molecule has 1 atom stereocenters. The lowest BCUT2D eigenvalue weighted by atomic mass is 10.1. The number of hydrogen-bond acceptors (Lipinski definition) is 3. The molecule has 23 heavy (non-hydrogen) atoms. The Kier molecular flexibility index (Phi) is 6.04. The van der Waals surface area contributed by atoms with Crippen molar-refractivity contribution in [3.8, 4) is 0 Å². The zero-order valence-corrected chi connectivity index (χ0v) is 14.7. The van der Waals surface area contributed by atoms with Gasteiger partial charge in [-0.1, -0.05) is 35.0 Å². The minimum absolute atomic E-state index is 0.0639. The number of aryl methyl sites for hydroxylation is 2. The Labute approximate surface area is 142 Å². The fourth-order valence-electron chi connectivity index (χ4n) is 2.47. The highest BCUT2D eigenvalue weighted by molar-refractivity contribution is 6.31. The van der Waals surface area contributed by atoms with E-state index in [1.807, 2.05) is 38.1 Å². The highest BCUT2D eigenvalue weighted by Gasteiger charge is 2.12. The minimum atomic E-state index is 0.0639. The van der Waals surface area contributed by atoms with Gasteiger partial charge in [-0.05, 0) is 38.8 Å². The van der Waals surface area contributed by atoms with E-state index in [2.05, 4.69) is 27.7 Å². The molecule has 6 heteroatoms. The van der Waals surface area contributed by atoms with Crippen molar-refractivity contribution in [1.29, 1.82) is 0 Å². The van der Waals surface area contributed by atoms with Gasteiger partial charge in [0.1, 0.15) is 5.76 Å². The summed E-state index contributed by atoms with van der Waals surface area (Å²) in [5.74, 6) is 1.61. The van der Waals surface area contributed by atoms with Gasteiger partial charge in [-0.25, -0.2) is 0 Å². The topological polar surface area (TPSA) is 62.5 Å². The number of nitrogens with one attached hydrogen (secondary N) is 2. The summed E-state index contributed by atoms with van der Waals surface area (Å²) in [6, 6.07) is 7.87. The molecule has 124 valence electrons. The number of nitrogens with zero attached hydrogens (tertiary/aromatic N) is 2. The van der Waals surface area contributed by atoms with Crippen LogP contribution in [0.1, 0.15) is 35.5 Å². The van der Waals surface area contributed by atoms with Crippen LogP contribution in [0.4, 0.5) is 0 Å². The SMILES string of the molecule is CN=C(NCCc1c(C)noc1C)NC(C)c1ccccc1Cl. The average Bonchev–Trinajstić information content (AvgIpc) is 2.85. The molecular weight excluding hydrogens is 312 g/mol. The van der Waals surface area contributed by atoms with Crippen LogP contribution in [0, 0.1) is 13.8 Å². The summed E-state index contributed by atoms with van der Waals surface area (Å²) in [4.78, 5) is 4.26. The third-order valence-corrected chi connectivity index (χ3v) is 4.14. The van der Waals surface area contributed by atoms with Crippen molar-refractivity contribution in [3.05, 3.63) is 51.9 Å². The Balaban J connectivity index is 1.90.